The first-order chi connectivity index (χ1) is 9.85. The van der Waals surface area contributed by atoms with Crippen molar-refractivity contribution in [1.82, 2.24) is 5.32 Å². The van der Waals surface area contributed by atoms with Crippen LogP contribution in [-0.2, 0) is 9.53 Å². The minimum atomic E-state index is -1.57. The van der Waals surface area contributed by atoms with Gasteiger partial charge >= 0.3 is 5.97 Å². The van der Waals surface area contributed by atoms with Crippen molar-refractivity contribution < 1.29 is 28.2 Å². The van der Waals surface area contributed by atoms with Gasteiger partial charge in [-0.1, -0.05) is 15.9 Å². The van der Waals surface area contributed by atoms with Crippen LogP contribution >= 0.6 is 15.9 Å². The molecule has 1 amide bonds. The number of halogens is 3. The Morgan fingerprint density at radius 3 is 2.24 bits per heavy atom. The average Bonchev–Trinajstić information content (AvgIpc) is 2.38. The maximum Gasteiger partial charge on any atom is 0.329 e. The molecule has 1 heterocycles. The second-order valence-corrected chi connectivity index (χ2v) is 5.61. The Kier molecular flexibility index (Phi) is 4.58. The van der Waals surface area contributed by atoms with Gasteiger partial charge in [-0.15, -0.1) is 0 Å². The molecular weight excluding hydrogens is 352 g/mol. The first-order valence-corrected chi connectivity index (χ1v) is 6.93. The summed E-state index contributed by atoms with van der Waals surface area (Å²) in [5.41, 5.74) is -2.37. The highest BCUT2D eigenvalue weighted by molar-refractivity contribution is 9.10. The van der Waals surface area contributed by atoms with Crippen LogP contribution in [0.1, 0.15) is 23.2 Å². The molecule has 1 aromatic carbocycles. The quantitative estimate of drug-likeness (QED) is 0.862. The summed E-state index contributed by atoms with van der Waals surface area (Å²) in [5, 5.41) is 11.5. The van der Waals surface area contributed by atoms with Crippen LogP contribution in [0.2, 0.25) is 0 Å². The van der Waals surface area contributed by atoms with Gasteiger partial charge in [0.1, 0.15) is 22.7 Å². The van der Waals surface area contributed by atoms with Crippen LogP contribution < -0.4 is 5.32 Å². The lowest BCUT2D eigenvalue weighted by atomic mass is 9.89. The lowest BCUT2D eigenvalue weighted by molar-refractivity contribution is -0.148. The number of hydrogen-bond donors (Lipinski definition) is 2. The summed E-state index contributed by atoms with van der Waals surface area (Å²) in [6.07, 6.45) is 0.0711. The number of hydrogen-bond acceptors (Lipinski definition) is 3. The molecular formula is C13H12BrF2NO4. The molecule has 21 heavy (non-hydrogen) atoms. The third kappa shape index (κ3) is 3.21. The third-order valence-corrected chi connectivity index (χ3v) is 3.80. The normalized spacial score (nSPS) is 17.3. The lowest BCUT2D eigenvalue weighted by Crippen LogP contribution is -2.57. The van der Waals surface area contributed by atoms with Crippen molar-refractivity contribution in [2.24, 2.45) is 0 Å². The smallest absolute Gasteiger partial charge is 0.329 e. The van der Waals surface area contributed by atoms with Crippen LogP contribution in [0, 0.1) is 11.6 Å². The Labute approximate surface area is 127 Å². The lowest BCUT2D eigenvalue weighted by Gasteiger charge is -2.33. The fourth-order valence-corrected chi connectivity index (χ4v) is 2.55. The zero-order valence-electron chi connectivity index (χ0n) is 10.8. The van der Waals surface area contributed by atoms with E-state index in [1.807, 2.05) is 0 Å². The van der Waals surface area contributed by atoms with Crippen LogP contribution in [0.5, 0.6) is 0 Å². The van der Waals surface area contributed by atoms with E-state index in [2.05, 4.69) is 21.2 Å². The van der Waals surface area contributed by atoms with Gasteiger partial charge in [0.25, 0.3) is 5.91 Å². The van der Waals surface area contributed by atoms with Crippen LogP contribution in [0.15, 0.2) is 16.6 Å². The monoisotopic (exact) mass is 363 g/mol. The van der Waals surface area contributed by atoms with Gasteiger partial charge in [-0.05, 0) is 12.1 Å². The molecule has 5 nitrogen and oxygen atoms in total. The topological polar surface area (TPSA) is 75.6 Å². The molecule has 1 fully saturated rings. The molecule has 1 aliphatic rings. The summed E-state index contributed by atoms with van der Waals surface area (Å²) in [5.74, 6) is -4.47. The number of benzene rings is 1. The summed E-state index contributed by atoms with van der Waals surface area (Å²) in [6.45, 7) is 0.301. The van der Waals surface area contributed by atoms with Crippen molar-refractivity contribution in [3.8, 4) is 0 Å². The van der Waals surface area contributed by atoms with Gasteiger partial charge in [0, 0.05) is 30.5 Å². The van der Waals surface area contributed by atoms with Crippen molar-refractivity contribution in [2.75, 3.05) is 13.2 Å². The molecule has 2 rings (SSSR count). The van der Waals surface area contributed by atoms with Gasteiger partial charge in [0.15, 0.2) is 0 Å². The summed E-state index contributed by atoms with van der Waals surface area (Å²) < 4.78 is 32.7. The summed E-state index contributed by atoms with van der Waals surface area (Å²) in [6, 6.07) is 1.88. The summed E-state index contributed by atoms with van der Waals surface area (Å²) in [7, 11) is 0. The van der Waals surface area contributed by atoms with E-state index in [-0.39, 0.29) is 30.5 Å². The first kappa shape index (κ1) is 15.8. The molecule has 0 atom stereocenters. The van der Waals surface area contributed by atoms with E-state index in [0.717, 1.165) is 12.1 Å². The van der Waals surface area contributed by atoms with Crippen LogP contribution in [0.25, 0.3) is 0 Å². The number of aliphatic carboxylic acids is 1. The van der Waals surface area contributed by atoms with E-state index < -0.39 is 34.6 Å². The molecule has 1 aliphatic heterocycles. The van der Waals surface area contributed by atoms with Gasteiger partial charge in [-0.3, -0.25) is 4.79 Å². The first-order valence-electron chi connectivity index (χ1n) is 6.14. The maximum atomic E-state index is 13.7. The number of ether oxygens (including phenoxy) is 1. The predicted octanol–water partition coefficient (Wildman–Crippen LogP) is 2.09. The van der Waals surface area contributed by atoms with Crippen LogP contribution in [-0.4, -0.2) is 35.7 Å². The summed E-state index contributed by atoms with van der Waals surface area (Å²) >= 11 is 2.91. The number of nitrogens with one attached hydrogen (secondary N) is 1. The number of amides is 1. The largest absolute Gasteiger partial charge is 0.480 e. The van der Waals surface area contributed by atoms with E-state index in [1.54, 1.807) is 0 Å². The highest BCUT2D eigenvalue weighted by Gasteiger charge is 2.42. The third-order valence-electron chi connectivity index (χ3n) is 3.34. The molecule has 0 aliphatic carbocycles. The highest BCUT2D eigenvalue weighted by atomic mass is 79.9. The molecule has 0 spiro atoms. The molecule has 8 heteroatoms. The number of rotatable bonds is 3. The minimum Gasteiger partial charge on any atom is -0.480 e. The Hall–Kier alpha value is -1.54. The van der Waals surface area contributed by atoms with Gasteiger partial charge in [0.2, 0.25) is 0 Å². The molecule has 1 aromatic rings. The van der Waals surface area contributed by atoms with Crippen LogP contribution in [0.3, 0.4) is 0 Å². The summed E-state index contributed by atoms with van der Waals surface area (Å²) in [4.78, 5) is 23.5. The second-order valence-electron chi connectivity index (χ2n) is 4.70. The van der Waals surface area contributed by atoms with Gasteiger partial charge < -0.3 is 15.2 Å². The molecule has 1 saturated heterocycles. The molecule has 0 radical (unpaired) electrons. The van der Waals surface area contributed by atoms with E-state index in [9.17, 15) is 23.5 Å². The van der Waals surface area contributed by atoms with Crippen molar-refractivity contribution in [3.63, 3.8) is 0 Å². The van der Waals surface area contributed by atoms with E-state index in [1.165, 1.54) is 0 Å². The molecule has 0 unspecified atom stereocenters. The maximum absolute atomic E-state index is 13.7. The Morgan fingerprint density at radius 1 is 1.24 bits per heavy atom. The Morgan fingerprint density at radius 2 is 1.76 bits per heavy atom. The zero-order valence-corrected chi connectivity index (χ0v) is 12.4. The second kappa shape index (κ2) is 6.07. The van der Waals surface area contributed by atoms with E-state index >= 15 is 0 Å². The molecule has 0 aromatic heterocycles. The standard InChI is InChI=1S/C13H12BrF2NO4/c14-7-5-8(15)10(9(16)6-7)11(18)17-13(12(19)20)1-3-21-4-2-13/h5-6H,1-4H2,(H,17,18)(H,19,20). The van der Waals surface area contributed by atoms with Crippen molar-refractivity contribution in [3.05, 3.63) is 33.8 Å². The fourth-order valence-electron chi connectivity index (χ4n) is 2.15. The van der Waals surface area contributed by atoms with Crippen LogP contribution in [0.4, 0.5) is 8.78 Å². The van der Waals surface area contributed by atoms with Gasteiger partial charge in [-0.25, -0.2) is 13.6 Å². The van der Waals surface area contributed by atoms with Gasteiger partial charge in [-0.2, -0.15) is 0 Å². The minimum absolute atomic E-state index is 0.0356. The van der Waals surface area contributed by atoms with E-state index in [4.69, 9.17) is 4.74 Å². The highest BCUT2D eigenvalue weighted by Crippen LogP contribution is 2.24. The van der Waals surface area contributed by atoms with Crippen molar-refractivity contribution >= 4 is 27.8 Å². The zero-order chi connectivity index (χ0) is 15.6. The number of carboxylic acid groups (broad SMARTS) is 1. The number of carboxylic acids is 1. The molecule has 0 saturated carbocycles. The molecule has 2 N–H and O–H groups in total. The SMILES string of the molecule is O=C(NC1(C(=O)O)CCOCC1)c1c(F)cc(Br)cc1F. The fraction of sp³-hybridized carbons (Fsp3) is 0.385. The Balaban J connectivity index is 2.30. The molecule has 114 valence electrons. The predicted molar refractivity (Wildman–Crippen MR) is 71.9 cm³/mol. The average molecular weight is 364 g/mol. The van der Waals surface area contributed by atoms with E-state index in [0.29, 0.717) is 0 Å². The number of carbonyl (C=O) groups excluding carboxylic acids is 1. The van der Waals surface area contributed by atoms with Crippen molar-refractivity contribution in [2.45, 2.75) is 18.4 Å². The van der Waals surface area contributed by atoms with Crippen molar-refractivity contribution in [1.29, 1.82) is 0 Å². The van der Waals surface area contributed by atoms with Gasteiger partial charge in [0.05, 0.1) is 0 Å². The number of carbonyl (C=O) groups is 2. The molecule has 0 bridgehead atoms. The Bertz CT molecular complexity index is 565.